The summed E-state index contributed by atoms with van der Waals surface area (Å²) in [6, 6.07) is 3.66. The predicted molar refractivity (Wildman–Crippen MR) is 80.8 cm³/mol. The molecule has 1 aromatic heterocycles. The lowest BCUT2D eigenvalue weighted by Crippen LogP contribution is -2.39. The molecule has 112 valence electrons. The van der Waals surface area contributed by atoms with Gasteiger partial charge >= 0.3 is 0 Å². The number of hydrogen-bond donors (Lipinski definition) is 3. The fourth-order valence-corrected chi connectivity index (χ4v) is 1.93. The first-order valence-electron chi connectivity index (χ1n) is 7.09. The van der Waals surface area contributed by atoms with Crippen LogP contribution in [0.1, 0.15) is 44.5 Å². The number of nitrogens with zero attached hydrogens (tertiary/aromatic N) is 1. The first kappa shape index (κ1) is 16.4. The molecular weight excluding hydrogens is 254 g/mol. The molecule has 0 fully saturated rings. The van der Waals surface area contributed by atoms with Crippen LogP contribution in [-0.2, 0) is 0 Å². The first-order valence-corrected chi connectivity index (χ1v) is 7.09. The van der Waals surface area contributed by atoms with E-state index in [1.54, 1.807) is 18.3 Å². The highest BCUT2D eigenvalue weighted by atomic mass is 16.3. The van der Waals surface area contributed by atoms with Crippen LogP contribution in [0.15, 0.2) is 18.3 Å². The summed E-state index contributed by atoms with van der Waals surface area (Å²) in [5.41, 5.74) is 0.532. The maximum absolute atomic E-state index is 12.4. The molecule has 0 aliphatic carbocycles. The second-order valence-corrected chi connectivity index (χ2v) is 5.53. The minimum atomic E-state index is -0.159. The number of aliphatic hydroxyl groups excluding tert-OH is 1. The van der Waals surface area contributed by atoms with E-state index in [9.17, 15) is 4.79 Å². The number of carbonyl (C=O) groups is 1. The molecule has 0 aromatic carbocycles. The van der Waals surface area contributed by atoms with Crippen LogP contribution in [0, 0.1) is 5.92 Å². The second kappa shape index (κ2) is 7.85. The fourth-order valence-electron chi connectivity index (χ4n) is 1.93. The maximum Gasteiger partial charge on any atom is 0.255 e. The standard InChI is InChI=1S/C15H25N3O2/c1-10(2)13(7-9-19)18-15(20)12-6-5-8-16-14(12)17-11(3)4/h5-6,8,10-11,13,19H,7,9H2,1-4H3,(H,16,17)(H,18,20). The number of aliphatic hydroxyl groups is 1. The molecule has 1 heterocycles. The zero-order valence-electron chi connectivity index (χ0n) is 12.7. The van der Waals surface area contributed by atoms with Crippen LogP contribution in [0.4, 0.5) is 5.82 Å². The third kappa shape index (κ3) is 4.81. The highest BCUT2D eigenvalue weighted by molar-refractivity contribution is 5.98. The van der Waals surface area contributed by atoms with Crippen LogP contribution in [-0.4, -0.2) is 34.7 Å². The Kier molecular flexibility index (Phi) is 6.45. The van der Waals surface area contributed by atoms with E-state index in [1.807, 2.05) is 27.7 Å². The van der Waals surface area contributed by atoms with Crippen molar-refractivity contribution in [2.24, 2.45) is 5.92 Å². The van der Waals surface area contributed by atoms with Gasteiger partial charge in [0.25, 0.3) is 5.91 Å². The van der Waals surface area contributed by atoms with Crippen molar-refractivity contribution in [2.45, 2.75) is 46.2 Å². The van der Waals surface area contributed by atoms with Crippen LogP contribution in [0.25, 0.3) is 0 Å². The van der Waals surface area contributed by atoms with Gasteiger partial charge in [-0.2, -0.15) is 0 Å². The normalized spacial score (nSPS) is 12.6. The number of carbonyl (C=O) groups excluding carboxylic acids is 1. The molecule has 0 aliphatic heterocycles. The highest BCUT2D eigenvalue weighted by Crippen LogP contribution is 2.14. The molecule has 0 radical (unpaired) electrons. The van der Waals surface area contributed by atoms with Crippen molar-refractivity contribution in [1.29, 1.82) is 0 Å². The van der Waals surface area contributed by atoms with E-state index >= 15 is 0 Å². The summed E-state index contributed by atoms with van der Waals surface area (Å²) >= 11 is 0. The molecule has 3 N–H and O–H groups in total. The molecule has 0 spiro atoms. The molecule has 0 bridgehead atoms. The van der Waals surface area contributed by atoms with Gasteiger partial charge in [0.2, 0.25) is 0 Å². The Bertz CT molecular complexity index is 433. The number of pyridine rings is 1. The van der Waals surface area contributed by atoms with Gasteiger partial charge in [0, 0.05) is 24.9 Å². The lowest BCUT2D eigenvalue weighted by Gasteiger charge is -2.22. The van der Waals surface area contributed by atoms with Crippen LogP contribution >= 0.6 is 0 Å². The summed E-state index contributed by atoms with van der Waals surface area (Å²) in [6.07, 6.45) is 2.21. The van der Waals surface area contributed by atoms with Crippen molar-refractivity contribution in [3.05, 3.63) is 23.9 Å². The van der Waals surface area contributed by atoms with Gasteiger partial charge in [-0.05, 0) is 38.3 Å². The Morgan fingerprint density at radius 3 is 2.60 bits per heavy atom. The van der Waals surface area contributed by atoms with E-state index in [2.05, 4.69) is 15.6 Å². The number of amides is 1. The van der Waals surface area contributed by atoms with Gasteiger partial charge in [0.1, 0.15) is 5.82 Å². The van der Waals surface area contributed by atoms with Gasteiger partial charge in [-0.15, -0.1) is 0 Å². The van der Waals surface area contributed by atoms with E-state index in [4.69, 9.17) is 5.11 Å². The second-order valence-electron chi connectivity index (χ2n) is 5.53. The molecular formula is C15H25N3O2. The van der Waals surface area contributed by atoms with E-state index in [0.29, 0.717) is 17.8 Å². The lowest BCUT2D eigenvalue weighted by molar-refractivity contribution is 0.0917. The predicted octanol–water partition coefficient (Wildman–Crippen LogP) is 2.04. The van der Waals surface area contributed by atoms with E-state index in [1.165, 1.54) is 0 Å². The van der Waals surface area contributed by atoms with Crippen molar-refractivity contribution < 1.29 is 9.90 Å². The monoisotopic (exact) mass is 279 g/mol. The summed E-state index contributed by atoms with van der Waals surface area (Å²) in [6.45, 7) is 8.11. The number of rotatable bonds is 7. The number of aromatic nitrogens is 1. The smallest absolute Gasteiger partial charge is 0.255 e. The summed E-state index contributed by atoms with van der Waals surface area (Å²) in [5, 5.41) is 15.2. The Labute approximate surface area is 120 Å². The third-order valence-corrected chi connectivity index (χ3v) is 3.04. The topological polar surface area (TPSA) is 74.2 Å². The van der Waals surface area contributed by atoms with Crippen molar-refractivity contribution in [3.63, 3.8) is 0 Å². The number of anilines is 1. The van der Waals surface area contributed by atoms with Crippen LogP contribution in [0.5, 0.6) is 0 Å². The lowest BCUT2D eigenvalue weighted by atomic mass is 10.0. The summed E-state index contributed by atoms with van der Waals surface area (Å²) in [4.78, 5) is 16.6. The molecule has 1 amide bonds. The van der Waals surface area contributed by atoms with Crippen molar-refractivity contribution in [3.8, 4) is 0 Å². The molecule has 0 saturated heterocycles. The number of hydrogen-bond acceptors (Lipinski definition) is 4. The summed E-state index contributed by atoms with van der Waals surface area (Å²) in [7, 11) is 0. The Morgan fingerprint density at radius 1 is 1.35 bits per heavy atom. The van der Waals surface area contributed by atoms with Gasteiger partial charge in [-0.3, -0.25) is 4.79 Å². The minimum absolute atomic E-state index is 0.0420. The Hall–Kier alpha value is -1.62. The summed E-state index contributed by atoms with van der Waals surface area (Å²) < 4.78 is 0. The molecule has 1 unspecified atom stereocenters. The van der Waals surface area contributed by atoms with Crippen molar-refractivity contribution in [2.75, 3.05) is 11.9 Å². The van der Waals surface area contributed by atoms with Crippen LogP contribution < -0.4 is 10.6 Å². The fraction of sp³-hybridized carbons (Fsp3) is 0.600. The average molecular weight is 279 g/mol. The number of nitrogens with one attached hydrogen (secondary N) is 2. The van der Waals surface area contributed by atoms with Crippen LogP contribution in [0.2, 0.25) is 0 Å². The zero-order chi connectivity index (χ0) is 15.1. The molecule has 0 aliphatic rings. The first-order chi connectivity index (χ1) is 9.45. The Balaban J connectivity index is 2.85. The molecule has 5 nitrogen and oxygen atoms in total. The van der Waals surface area contributed by atoms with Gasteiger partial charge in [-0.1, -0.05) is 13.8 Å². The van der Waals surface area contributed by atoms with E-state index < -0.39 is 0 Å². The van der Waals surface area contributed by atoms with Crippen molar-refractivity contribution in [1.82, 2.24) is 10.3 Å². The zero-order valence-corrected chi connectivity index (χ0v) is 12.7. The molecule has 20 heavy (non-hydrogen) atoms. The average Bonchev–Trinajstić information content (AvgIpc) is 2.37. The van der Waals surface area contributed by atoms with Crippen molar-refractivity contribution >= 4 is 11.7 Å². The molecule has 1 rings (SSSR count). The molecule has 1 aromatic rings. The van der Waals surface area contributed by atoms with Gasteiger partial charge in [0.15, 0.2) is 0 Å². The minimum Gasteiger partial charge on any atom is -0.396 e. The largest absolute Gasteiger partial charge is 0.396 e. The van der Waals surface area contributed by atoms with Gasteiger partial charge < -0.3 is 15.7 Å². The Morgan fingerprint density at radius 2 is 2.05 bits per heavy atom. The van der Waals surface area contributed by atoms with Gasteiger partial charge in [-0.25, -0.2) is 4.98 Å². The quantitative estimate of drug-likeness (QED) is 0.714. The molecule has 1 atom stereocenters. The molecule has 5 heteroatoms. The highest BCUT2D eigenvalue weighted by Gasteiger charge is 2.19. The van der Waals surface area contributed by atoms with E-state index in [-0.39, 0.29) is 30.5 Å². The summed E-state index contributed by atoms with van der Waals surface area (Å²) in [5.74, 6) is 0.698. The molecule has 0 saturated carbocycles. The third-order valence-electron chi connectivity index (χ3n) is 3.04. The van der Waals surface area contributed by atoms with E-state index in [0.717, 1.165) is 0 Å². The maximum atomic E-state index is 12.4. The van der Waals surface area contributed by atoms with Crippen LogP contribution in [0.3, 0.4) is 0 Å². The van der Waals surface area contributed by atoms with Gasteiger partial charge in [0.05, 0.1) is 5.56 Å². The SMILES string of the molecule is CC(C)Nc1ncccc1C(=O)NC(CCO)C(C)C.